The molecule has 0 saturated heterocycles. The number of hydrogen-bond acceptors (Lipinski definition) is 3. The van der Waals surface area contributed by atoms with E-state index in [1.165, 1.54) is 11.0 Å². The number of carbonyl (C=O) groups is 1. The molecule has 11 heteroatoms. The molecule has 0 bridgehead atoms. The zero-order chi connectivity index (χ0) is 22.4. The Bertz CT molecular complexity index is 1120. The van der Waals surface area contributed by atoms with Crippen LogP contribution in [0.2, 0.25) is 5.02 Å². The number of sulfonamides is 1. The van der Waals surface area contributed by atoms with Crippen molar-refractivity contribution in [1.82, 2.24) is 0 Å². The van der Waals surface area contributed by atoms with Crippen molar-refractivity contribution < 1.29 is 26.4 Å². The number of alkyl halides is 3. The molecule has 3 rings (SSSR count). The van der Waals surface area contributed by atoms with Crippen LogP contribution >= 0.6 is 27.5 Å². The van der Waals surface area contributed by atoms with Crippen molar-refractivity contribution in [3.63, 3.8) is 0 Å². The Hall–Kier alpha value is -1.78. The number of rotatable bonds is 4. The fraction of sp³-hybridized carbons (Fsp3) is 0.316. The second-order valence-corrected chi connectivity index (χ2v) is 10.0. The summed E-state index contributed by atoms with van der Waals surface area (Å²) >= 11 is 8.81. The van der Waals surface area contributed by atoms with Crippen molar-refractivity contribution in [3.8, 4) is 0 Å². The molecular weight excluding hydrogens is 509 g/mol. The Morgan fingerprint density at radius 3 is 2.50 bits per heavy atom. The molecule has 2 aromatic rings. The van der Waals surface area contributed by atoms with E-state index in [0.717, 1.165) is 17.7 Å². The van der Waals surface area contributed by atoms with Gasteiger partial charge in [0.2, 0.25) is 5.91 Å². The summed E-state index contributed by atoms with van der Waals surface area (Å²) in [7, 11) is -4.26. The van der Waals surface area contributed by atoms with Crippen LogP contribution in [0.1, 0.15) is 25.0 Å². The number of nitrogens with one attached hydrogen (secondary N) is 1. The first kappa shape index (κ1) is 22.9. The van der Waals surface area contributed by atoms with Crippen LogP contribution in [0, 0.1) is 5.92 Å². The summed E-state index contributed by atoms with van der Waals surface area (Å²) in [4.78, 5) is 13.8. The minimum Gasteiger partial charge on any atom is -0.312 e. The van der Waals surface area contributed by atoms with Gasteiger partial charge in [-0.2, -0.15) is 13.2 Å². The van der Waals surface area contributed by atoms with Gasteiger partial charge in [0.25, 0.3) is 10.0 Å². The van der Waals surface area contributed by atoms with Crippen LogP contribution in [0.25, 0.3) is 0 Å². The van der Waals surface area contributed by atoms with Gasteiger partial charge in [-0.15, -0.1) is 0 Å². The van der Waals surface area contributed by atoms with Gasteiger partial charge in [0, 0.05) is 28.3 Å². The van der Waals surface area contributed by atoms with Gasteiger partial charge in [-0.05, 0) is 58.2 Å². The molecule has 0 aliphatic carbocycles. The van der Waals surface area contributed by atoms with E-state index in [-0.39, 0.29) is 26.9 Å². The van der Waals surface area contributed by atoms with Crippen molar-refractivity contribution in [3.05, 3.63) is 51.0 Å². The van der Waals surface area contributed by atoms with E-state index in [9.17, 15) is 26.4 Å². The van der Waals surface area contributed by atoms with E-state index in [1.54, 1.807) is 19.9 Å². The molecule has 0 spiro atoms. The second-order valence-electron chi connectivity index (χ2n) is 7.10. The molecular formula is C19H17BrClF3N2O3S. The number of carbonyl (C=O) groups excluding carboxylic acids is 1. The highest BCUT2D eigenvalue weighted by Gasteiger charge is 2.34. The molecule has 1 heterocycles. The molecule has 1 aliphatic rings. The maximum atomic E-state index is 13.1. The van der Waals surface area contributed by atoms with Crippen LogP contribution < -0.4 is 9.62 Å². The third kappa shape index (κ3) is 4.45. The second kappa shape index (κ2) is 8.05. The highest BCUT2D eigenvalue weighted by Crippen LogP contribution is 2.39. The normalized spacial score (nSPS) is 14.2. The van der Waals surface area contributed by atoms with Crippen molar-refractivity contribution >= 4 is 54.8 Å². The lowest BCUT2D eigenvalue weighted by Crippen LogP contribution is -2.32. The molecule has 0 unspecified atom stereocenters. The summed E-state index contributed by atoms with van der Waals surface area (Å²) in [6, 6.07) is 5.72. The van der Waals surface area contributed by atoms with E-state index < -0.39 is 26.8 Å². The number of benzene rings is 2. The predicted octanol–water partition coefficient (Wildman–Crippen LogP) is 5.47. The van der Waals surface area contributed by atoms with Gasteiger partial charge in [-0.25, -0.2) is 8.42 Å². The molecule has 5 nitrogen and oxygen atoms in total. The Labute approximate surface area is 185 Å². The SMILES string of the molecule is CC(C)C(=O)N1CCc2cc(Br)c(S(=O)(=O)Nc3ccc(Cl)c(C(F)(F)F)c3)cc21. The maximum absolute atomic E-state index is 13.1. The van der Waals surface area contributed by atoms with E-state index in [1.807, 2.05) is 0 Å². The summed E-state index contributed by atoms with van der Waals surface area (Å²) in [6.07, 6.45) is -4.16. The molecule has 0 radical (unpaired) electrons. The third-order valence-electron chi connectivity index (χ3n) is 4.60. The quantitative estimate of drug-likeness (QED) is 0.576. The van der Waals surface area contributed by atoms with Gasteiger partial charge in [0.05, 0.1) is 10.6 Å². The van der Waals surface area contributed by atoms with Crippen LogP contribution in [0.4, 0.5) is 24.5 Å². The van der Waals surface area contributed by atoms with Gasteiger partial charge < -0.3 is 4.90 Å². The summed E-state index contributed by atoms with van der Waals surface area (Å²) in [5.74, 6) is -0.410. The molecule has 30 heavy (non-hydrogen) atoms. The number of fused-ring (bicyclic) bond motifs is 1. The molecule has 0 atom stereocenters. The zero-order valence-corrected chi connectivity index (χ0v) is 19.0. The van der Waals surface area contributed by atoms with Crippen molar-refractivity contribution in [2.75, 3.05) is 16.2 Å². The van der Waals surface area contributed by atoms with Gasteiger partial charge in [0.15, 0.2) is 0 Å². The van der Waals surface area contributed by atoms with E-state index >= 15 is 0 Å². The van der Waals surface area contributed by atoms with Crippen molar-refractivity contribution in [2.24, 2.45) is 5.92 Å². The van der Waals surface area contributed by atoms with Crippen LogP contribution in [-0.4, -0.2) is 20.9 Å². The topological polar surface area (TPSA) is 66.5 Å². The van der Waals surface area contributed by atoms with Gasteiger partial charge in [0.1, 0.15) is 4.90 Å². The van der Waals surface area contributed by atoms with Gasteiger partial charge in [-0.3, -0.25) is 9.52 Å². The monoisotopic (exact) mass is 524 g/mol. The molecule has 1 amide bonds. The van der Waals surface area contributed by atoms with E-state index in [2.05, 4.69) is 20.7 Å². The number of halogens is 5. The van der Waals surface area contributed by atoms with Gasteiger partial charge >= 0.3 is 6.18 Å². The minimum atomic E-state index is -4.73. The first-order valence-electron chi connectivity index (χ1n) is 8.84. The third-order valence-corrected chi connectivity index (χ3v) is 7.27. The average molecular weight is 526 g/mol. The lowest BCUT2D eigenvalue weighted by atomic mass is 10.1. The number of hydrogen-bond donors (Lipinski definition) is 1. The summed E-state index contributed by atoms with van der Waals surface area (Å²) in [5.41, 5.74) is -0.148. The Morgan fingerprint density at radius 1 is 1.23 bits per heavy atom. The zero-order valence-electron chi connectivity index (χ0n) is 15.8. The van der Waals surface area contributed by atoms with Crippen LogP contribution in [0.3, 0.4) is 0 Å². The fourth-order valence-electron chi connectivity index (χ4n) is 3.15. The van der Waals surface area contributed by atoms with Crippen LogP contribution in [0.5, 0.6) is 0 Å². The molecule has 0 aromatic heterocycles. The Balaban J connectivity index is 2.00. The van der Waals surface area contributed by atoms with Gasteiger partial charge in [-0.1, -0.05) is 25.4 Å². The minimum absolute atomic E-state index is 0.139. The summed E-state index contributed by atoms with van der Waals surface area (Å²) in [5, 5.41) is -0.535. The lowest BCUT2D eigenvalue weighted by molar-refractivity contribution is -0.137. The Kier molecular flexibility index (Phi) is 6.14. The molecule has 1 N–H and O–H groups in total. The summed E-state index contributed by atoms with van der Waals surface area (Å²) < 4.78 is 67.5. The number of anilines is 2. The van der Waals surface area contributed by atoms with E-state index in [0.29, 0.717) is 24.7 Å². The standard InChI is InChI=1S/C19H17BrClF3N2O3S/c1-10(2)18(27)26-6-5-11-7-14(20)17(9-16(11)26)30(28,29)25-12-3-4-15(21)13(8-12)19(22,23)24/h3-4,7-10,25H,5-6H2,1-2H3. The smallest absolute Gasteiger partial charge is 0.312 e. The molecule has 162 valence electrons. The predicted molar refractivity (Wildman–Crippen MR) is 112 cm³/mol. The van der Waals surface area contributed by atoms with Crippen molar-refractivity contribution in [1.29, 1.82) is 0 Å². The van der Waals surface area contributed by atoms with Crippen molar-refractivity contribution in [2.45, 2.75) is 31.3 Å². The Morgan fingerprint density at radius 2 is 1.90 bits per heavy atom. The van der Waals surface area contributed by atoms with E-state index in [4.69, 9.17) is 11.6 Å². The molecule has 0 fully saturated rings. The molecule has 1 aliphatic heterocycles. The lowest BCUT2D eigenvalue weighted by Gasteiger charge is -2.21. The first-order valence-corrected chi connectivity index (χ1v) is 11.5. The highest BCUT2D eigenvalue weighted by molar-refractivity contribution is 9.10. The number of amides is 1. The fourth-order valence-corrected chi connectivity index (χ4v) is 5.54. The first-order chi connectivity index (χ1) is 13.8. The molecule has 2 aromatic carbocycles. The highest BCUT2D eigenvalue weighted by atomic mass is 79.9. The molecule has 0 saturated carbocycles. The average Bonchev–Trinajstić information content (AvgIpc) is 3.03. The summed E-state index contributed by atoms with van der Waals surface area (Å²) in [6.45, 7) is 3.93. The van der Waals surface area contributed by atoms with Crippen LogP contribution in [0.15, 0.2) is 39.7 Å². The number of nitrogens with zero attached hydrogens (tertiary/aromatic N) is 1. The largest absolute Gasteiger partial charge is 0.417 e. The van der Waals surface area contributed by atoms with Crippen LogP contribution in [-0.2, 0) is 27.4 Å². The maximum Gasteiger partial charge on any atom is 0.417 e.